The van der Waals surface area contributed by atoms with Gasteiger partial charge in [0.15, 0.2) is 5.82 Å². The van der Waals surface area contributed by atoms with E-state index >= 15 is 0 Å². The highest BCUT2D eigenvalue weighted by Crippen LogP contribution is 2.10. The van der Waals surface area contributed by atoms with Gasteiger partial charge in [-0.3, -0.25) is 10.1 Å². The molecule has 98 valence electrons. The van der Waals surface area contributed by atoms with E-state index in [-0.39, 0.29) is 5.69 Å². The third kappa shape index (κ3) is 2.37. The van der Waals surface area contributed by atoms with Crippen LogP contribution in [0.2, 0.25) is 0 Å². The van der Waals surface area contributed by atoms with Crippen molar-refractivity contribution in [1.82, 2.24) is 19.6 Å². The third-order valence-electron chi connectivity index (χ3n) is 2.63. The van der Waals surface area contributed by atoms with Crippen molar-refractivity contribution < 1.29 is 4.92 Å². The van der Waals surface area contributed by atoms with Crippen molar-refractivity contribution in [2.45, 2.75) is 0 Å². The molecule has 2 heterocycles. The number of nitrogens with zero attached hydrogens (tertiary/aromatic N) is 5. The molecule has 2 aromatic heterocycles. The summed E-state index contributed by atoms with van der Waals surface area (Å²) in [6, 6.07) is 9.71. The van der Waals surface area contributed by atoms with Gasteiger partial charge in [0.1, 0.15) is 12.4 Å². The highest BCUT2D eigenvalue weighted by molar-refractivity contribution is 5.66. The maximum atomic E-state index is 10.7. The van der Waals surface area contributed by atoms with Gasteiger partial charge in [-0.1, -0.05) is 36.4 Å². The van der Waals surface area contributed by atoms with E-state index in [0.29, 0.717) is 11.6 Å². The summed E-state index contributed by atoms with van der Waals surface area (Å²) in [5.41, 5.74) is 0.895. The number of aromatic nitrogens is 4. The van der Waals surface area contributed by atoms with E-state index in [1.165, 1.54) is 10.7 Å². The van der Waals surface area contributed by atoms with Crippen LogP contribution in [0.4, 0.5) is 5.69 Å². The minimum absolute atomic E-state index is 0.124. The molecule has 0 saturated heterocycles. The van der Waals surface area contributed by atoms with Gasteiger partial charge in [0, 0.05) is 0 Å². The Hall–Kier alpha value is -3.09. The van der Waals surface area contributed by atoms with Gasteiger partial charge in [-0.15, -0.1) is 5.10 Å². The molecule has 0 aliphatic rings. The van der Waals surface area contributed by atoms with E-state index in [1.807, 2.05) is 36.4 Å². The molecule has 3 rings (SSSR count). The van der Waals surface area contributed by atoms with Crippen molar-refractivity contribution in [2.24, 2.45) is 0 Å². The molecule has 0 spiro atoms. The summed E-state index contributed by atoms with van der Waals surface area (Å²) in [7, 11) is 0. The number of nitro groups is 1. The van der Waals surface area contributed by atoms with Crippen LogP contribution < -0.4 is 0 Å². The van der Waals surface area contributed by atoms with E-state index in [1.54, 1.807) is 6.08 Å². The zero-order chi connectivity index (χ0) is 13.9. The second kappa shape index (κ2) is 4.88. The van der Waals surface area contributed by atoms with Crippen LogP contribution in [-0.4, -0.2) is 24.5 Å². The smallest absolute Gasteiger partial charge is 0.258 e. The lowest BCUT2D eigenvalue weighted by molar-refractivity contribution is -0.385. The summed E-state index contributed by atoms with van der Waals surface area (Å²) >= 11 is 0. The first-order valence-corrected chi connectivity index (χ1v) is 5.82. The highest BCUT2D eigenvalue weighted by Gasteiger charge is 2.09. The Morgan fingerprint density at radius 3 is 2.75 bits per heavy atom. The first kappa shape index (κ1) is 12.0. The number of fused-ring (bicyclic) bond motifs is 1. The summed E-state index contributed by atoms with van der Waals surface area (Å²) < 4.78 is 1.29. The van der Waals surface area contributed by atoms with Gasteiger partial charge in [0.25, 0.3) is 5.78 Å². The molecule has 0 saturated carbocycles. The molecule has 0 amide bonds. The van der Waals surface area contributed by atoms with Crippen LogP contribution >= 0.6 is 0 Å². The fourth-order valence-electron chi connectivity index (χ4n) is 1.69. The Bertz CT molecular complexity index is 795. The van der Waals surface area contributed by atoms with Crippen LogP contribution in [0.1, 0.15) is 11.4 Å². The summed E-state index contributed by atoms with van der Waals surface area (Å²) in [6.45, 7) is 0. The molecule has 0 atom stereocenters. The minimum Gasteiger partial charge on any atom is -0.258 e. The Labute approximate surface area is 113 Å². The second-order valence-corrected chi connectivity index (χ2v) is 4.03. The van der Waals surface area contributed by atoms with Crippen LogP contribution in [0.25, 0.3) is 17.9 Å². The molecule has 7 heteroatoms. The largest absolute Gasteiger partial charge is 0.305 e. The van der Waals surface area contributed by atoms with Gasteiger partial charge in [-0.05, 0) is 11.6 Å². The van der Waals surface area contributed by atoms with Gasteiger partial charge < -0.3 is 0 Å². The molecule has 0 aliphatic carbocycles. The molecule has 0 fully saturated rings. The molecule has 0 N–H and O–H groups in total. The van der Waals surface area contributed by atoms with Crippen LogP contribution in [0.15, 0.2) is 42.7 Å². The van der Waals surface area contributed by atoms with E-state index in [2.05, 4.69) is 15.1 Å². The molecule has 0 bridgehead atoms. The van der Waals surface area contributed by atoms with Gasteiger partial charge in [0.2, 0.25) is 0 Å². The minimum atomic E-state index is -0.520. The maximum absolute atomic E-state index is 10.7. The zero-order valence-electron chi connectivity index (χ0n) is 10.2. The number of benzene rings is 1. The Morgan fingerprint density at radius 1 is 1.20 bits per heavy atom. The predicted octanol–water partition coefficient (Wildman–Crippen LogP) is 2.20. The number of hydrogen-bond donors (Lipinski definition) is 0. The first-order valence-electron chi connectivity index (χ1n) is 5.82. The topological polar surface area (TPSA) is 86.2 Å². The van der Waals surface area contributed by atoms with Gasteiger partial charge in [-0.25, -0.2) is 4.98 Å². The van der Waals surface area contributed by atoms with Crippen molar-refractivity contribution in [3.05, 3.63) is 64.2 Å². The Kier molecular flexibility index (Phi) is 2.92. The van der Waals surface area contributed by atoms with Gasteiger partial charge in [0.05, 0.1) is 4.92 Å². The van der Waals surface area contributed by atoms with Crippen molar-refractivity contribution in [1.29, 1.82) is 0 Å². The first-order chi connectivity index (χ1) is 9.72. The average Bonchev–Trinajstić information content (AvgIpc) is 2.88. The summed E-state index contributed by atoms with van der Waals surface area (Å²) in [6.07, 6.45) is 6.04. The summed E-state index contributed by atoms with van der Waals surface area (Å²) in [4.78, 5) is 18.2. The molecular weight excluding hydrogens is 258 g/mol. The number of rotatable bonds is 3. The lowest BCUT2D eigenvalue weighted by Crippen LogP contribution is -1.95. The van der Waals surface area contributed by atoms with E-state index < -0.39 is 4.92 Å². The molecule has 1 aromatic carbocycles. The second-order valence-electron chi connectivity index (χ2n) is 4.03. The van der Waals surface area contributed by atoms with Crippen LogP contribution in [0.3, 0.4) is 0 Å². The summed E-state index contributed by atoms with van der Waals surface area (Å²) in [5.74, 6) is 0.769. The third-order valence-corrected chi connectivity index (χ3v) is 2.63. The molecule has 0 unspecified atom stereocenters. The van der Waals surface area contributed by atoms with E-state index in [4.69, 9.17) is 0 Å². The van der Waals surface area contributed by atoms with E-state index in [0.717, 1.165) is 11.8 Å². The molecule has 3 aromatic rings. The van der Waals surface area contributed by atoms with Crippen LogP contribution in [-0.2, 0) is 0 Å². The normalized spacial score (nSPS) is 11.2. The average molecular weight is 267 g/mol. The van der Waals surface area contributed by atoms with Gasteiger partial charge >= 0.3 is 5.69 Å². The van der Waals surface area contributed by atoms with E-state index in [9.17, 15) is 10.1 Å². The highest BCUT2D eigenvalue weighted by atomic mass is 16.6. The van der Waals surface area contributed by atoms with Crippen LogP contribution in [0, 0.1) is 10.1 Å². The monoisotopic (exact) mass is 267 g/mol. The van der Waals surface area contributed by atoms with Crippen molar-refractivity contribution in [3.63, 3.8) is 0 Å². The molecular formula is C13H9N5O2. The summed E-state index contributed by atoms with van der Waals surface area (Å²) in [5, 5.41) is 14.8. The van der Waals surface area contributed by atoms with Crippen molar-refractivity contribution >= 4 is 23.6 Å². The zero-order valence-corrected chi connectivity index (χ0v) is 10.2. The Morgan fingerprint density at radius 2 is 2.00 bits per heavy atom. The molecule has 7 nitrogen and oxygen atoms in total. The lowest BCUT2D eigenvalue weighted by Gasteiger charge is -1.90. The van der Waals surface area contributed by atoms with Crippen molar-refractivity contribution in [3.8, 4) is 0 Å². The predicted molar refractivity (Wildman–Crippen MR) is 72.8 cm³/mol. The fourth-order valence-corrected chi connectivity index (χ4v) is 1.69. The SMILES string of the molecule is O=[N+]([O-])c1cnc2nc(/C=C/c3ccccc3)nn2c1. The quantitative estimate of drug-likeness (QED) is 0.536. The lowest BCUT2D eigenvalue weighted by atomic mass is 10.2. The maximum Gasteiger partial charge on any atom is 0.305 e. The standard InChI is InChI=1S/C13H9N5O2/c19-18(20)11-8-14-13-15-12(16-17(13)9-11)7-6-10-4-2-1-3-5-10/h1-9H/b7-6+. The Balaban J connectivity index is 1.93. The molecule has 20 heavy (non-hydrogen) atoms. The van der Waals surface area contributed by atoms with Crippen molar-refractivity contribution in [2.75, 3.05) is 0 Å². The fraction of sp³-hybridized carbons (Fsp3) is 0. The van der Waals surface area contributed by atoms with Crippen LogP contribution in [0.5, 0.6) is 0 Å². The number of hydrogen-bond acceptors (Lipinski definition) is 5. The molecule has 0 aliphatic heterocycles. The molecule has 0 radical (unpaired) electrons. The van der Waals surface area contributed by atoms with Gasteiger partial charge in [-0.2, -0.15) is 9.50 Å².